The van der Waals surface area contributed by atoms with Crippen LogP contribution in [-0.2, 0) is 14.3 Å². The minimum atomic E-state index is -1.16. The van der Waals surface area contributed by atoms with Crippen LogP contribution in [0.1, 0.15) is 13.3 Å². The second-order valence-electron chi connectivity index (χ2n) is 2.74. The molecule has 1 N–H and O–H groups in total. The lowest BCUT2D eigenvalue weighted by atomic mass is 10.3. The van der Waals surface area contributed by atoms with Crippen LogP contribution in [0.25, 0.3) is 0 Å². The van der Waals surface area contributed by atoms with Crippen molar-refractivity contribution in [1.82, 2.24) is 5.32 Å². The van der Waals surface area contributed by atoms with Crippen molar-refractivity contribution in [2.24, 2.45) is 0 Å². The average molecular weight is 219 g/mol. The van der Waals surface area contributed by atoms with Crippen molar-refractivity contribution in [1.29, 1.82) is 0 Å². The van der Waals surface area contributed by atoms with E-state index in [1.165, 1.54) is 0 Å². The second-order valence-corrected chi connectivity index (χ2v) is 2.74. The van der Waals surface area contributed by atoms with Gasteiger partial charge >= 0.3 is 12.1 Å². The first-order chi connectivity index (χ1) is 7.07. The fraction of sp³-hybridized carbons (Fsp3) is 0.556. The Kier molecular flexibility index (Phi) is 6.96. The SMILES string of the molecule is C=C(C)C(=O)OCCCNC(=O)OCF. The van der Waals surface area contributed by atoms with E-state index in [4.69, 9.17) is 4.74 Å². The Morgan fingerprint density at radius 1 is 1.40 bits per heavy atom. The molecule has 0 rings (SSSR count). The fourth-order valence-electron chi connectivity index (χ4n) is 0.651. The van der Waals surface area contributed by atoms with Crippen LogP contribution in [0.4, 0.5) is 9.18 Å². The van der Waals surface area contributed by atoms with Crippen molar-refractivity contribution in [2.45, 2.75) is 13.3 Å². The van der Waals surface area contributed by atoms with Crippen LogP contribution in [0.15, 0.2) is 12.2 Å². The normalized spacial score (nSPS) is 9.20. The molecule has 0 saturated heterocycles. The number of alkyl carbamates (subject to hydrolysis) is 1. The first kappa shape index (κ1) is 13.4. The number of carbonyl (C=O) groups excluding carboxylic acids is 2. The maximum absolute atomic E-state index is 11.5. The lowest BCUT2D eigenvalue weighted by Gasteiger charge is -2.05. The summed E-state index contributed by atoms with van der Waals surface area (Å²) in [6.45, 7) is 4.21. The standard InChI is InChI=1S/C9H14FNO4/c1-7(2)8(12)14-5-3-4-11-9(13)15-6-10/h1,3-6H2,2H3,(H,11,13). The molecule has 0 radical (unpaired) electrons. The molecule has 0 saturated carbocycles. The third-order valence-corrected chi connectivity index (χ3v) is 1.36. The maximum atomic E-state index is 11.5. The molecule has 86 valence electrons. The van der Waals surface area contributed by atoms with Crippen LogP contribution in [0.5, 0.6) is 0 Å². The third kappa shape index (κ3) is 7.48. The summed E-state index contributed by atoms with van der Waals surface area (Å²) in [5.74, 6) is -0.471. The van der Waals surface area contributed by atoms with Crippen molar-refractivity contribution in [3.05, 3.63) is 12.2 Å². The van der Waals surface area contributed by atoms with Crippen molar-refractivity contribution in [3.63, 3.8) is 0 Å². The summed E-state index contributed by atoms with van der Waals surface area (Å²) in [5.41, 5.74) is 0.319. The molecule has 0 aromatic rings. The molecule has 0 bridgehead atoms. The number of alkyl halides is 1. The molecule has 0 fully saturated rings. The largest absolute Gasteiger partial charge is 0.462 e. The molecule has 1 amide bonds. The molecule has 0 aromatic heterocycles. The van der Waals surface area contributed by atoms with Gasteiger partial charge in [0.1, 0.15) is 0 Å². The van der Waals surface area contributed by atoms with E-state index in [1.807, 2.05) is 0 Å². The Hall–Kier alpha value is -1.59. The lowest BCUT2D eigenvalue weighted by molar-refractivity contribution is -0.138. The van der Waals surface area contributed by atoms with Gasteiger partial charge in [-0.1, -0.05) is 6.58 Å². The highest BCUT2D eigenvalue weighted by Crippen LogP contribution is 1.92. The number of rotatable bonds is 6. The molecule has 0 spiro atoms. The second kappa shape index (κ2) is 7.78. The molecule has 0 aromatic carbocycles. The number of amides is 1. The van der Waals surface area contributed by atoms with Gasteiger partial charge in [-0.3, -0.25) is 0 Å². The quantitative estimate of drug-likeness (QED) is 0.413. The van der Waals surface area contributed by atoms with Gasteiger partial charge in [-0.25, -0.2) is 14.0 Å². The summed E-state index contributed by atoms with van der Waals surface area (Å²) in [5, 5.41) is 2.27. The number of hydrogen-bond donors (Lipinski definition) is 1. The smallest absolute Gasteiger partial charge is 0.409 e. The topological polar surface area (TPSA) is 64.6 Å². The minimum Gasteiger partial charge on any atom is -0.462 e. The highest BCUT2D eigenvalue weighted by Gasteiger charge is 2.03. The third-order valence-electron chi connectivity index (χ3n) is 1.36. The highest BCUT2D eigenvalue weighted by atomic mass is 19.1. The first-order valence-electron chi connectivity index (χ1n) is 4.37. The summed E-state index contributed by atoms with van der Waals surface area (Å²) in [7, 11) is 0. The van der Waals surface area contributed by atoms with E-state index in [1.54, 1.807) is 6.92 Å². The van der Waals surface area contributed by atoms with E-state index in [9.17, 15) is 14.0 Å². The number of ether oxygens (including phenoxy) is 2. The zero-order valence-corrected chi connectivity index (χ0v) is 8.55. The van der Waals surface area contributed by atoms with Crippen molar-refractivity contribution in [3.8, 4) is 0 Å². The monoisotopic (exact) mass is 219 g/mol. The zero-order valence-electron chi connectivity index (χ0n) is 8.55. The number of esters is 1. The van der Waals surface area contributed by atoms with Gasteiger partial charge in [-0.15, -0.1) is 0 Å². The molecular weight excluding hydrogens is 205 g/mol. The van der Waals surface area contributed by atoms with Gasteiger partial charge in [0.05, 0.1) is 6.61 Å². The first-order valence-corrected chi connectivity index (χ1v) is 4.37. The van der Waals surface area contributed by atoms with E-state index < -0.39 is 18.9 Å². The van der Waals surface area contributed by atoms with E-state index in [-0.39, 0.29) is 13.2 Å². The molecule has 0 aliphatic rings. The Morgan fingerprint density at radius 3 is 2.60 bits per heavy atom. The minimum absolute atomic E-state index is 0.168. The van der Waals surface area contributed by atoms with Gasteiger partial charge in [-0.05, 0) is 13.3 Å². The molecule has 0 aliphatic heterocycles. The predicted octanol–water partition coefficient (Wildman–Crippen LogP) is 1.15. The van der Waals surface area contributed by atoms with Crippen LogP contribution >= 0.6 is 0 Å². The van der Waals surface area contributed by atoms with Gasteiger partial charge in [0.15, 0.2) is 0 Å². The van der Waals surface area contributed by atoms with Crippen LogP contribution in [-0.4, -0.2) is 32.1 Å². The number of nitrogens with one attached hydrogen (secondary N) is 1. The van der Waals surface area contributed by atoms with Crippen LogP contribution < -0.4 is 5.32 Å². The summed E-state index contributed by atoms with van der Waals surface area (Å²) in [6, 6.07) is 0. The number of halogens is 1. The van der Waals surface area contributed by atoms with E-state index >= 15 is 0 Å². The Bertz CT molecular complexity index is 242. The van der Waals surface area contributed by atoms with E-state index in [0.717, 1.165) is 0 Å². The number of carbonyl (C=O) groups is 2. The van der Waals surface area contributed by atoms with Crippen molar-refractivity contribution >= 4 is 12.1 Å². The average Bonchev–Trinajstić information content (AvgIpc) is 2.17. The lowest BCUT2D eigenvalue weighted by Crippen LogP contribution is -2.26. The molecule has 6 heteroatoms. The van der Waals surface area contributed by atoms with Crippen LogP contribution in [0, 0.1) is 0 Å². The molecule has 0 heterocycles. The molecule has 5 nitrogen and oxygen atoms in total. The van der Waals surface area contributed by atoms with Gasteiger partial charge in [-0.2, -0.15) is 0 Å². The highest BCUT2D eigenvalue weighted by molar-refractivity contribution is 5.86. The van der Waals surface area contributed by atoms with Gasteiger partial charge < -0.3 is 14.8 Å². The van der Waals surface area contributed by atoms with E-state index in [0.29, 0.717) is 12.0 Å². The molecule has 0 atom stereocenters. The number of hydrogen-bond acceptors (Lipinski definition) is 4. The summed E-state index contributed by atoms with van der Waals surface area (Å²) in [6.07, 6.45) is -0.399. The summed E-state index contributed by atoms with van der Waals surface area (Å²) < 4.78 is 20.2. The van der Waals surface area contributed by atoms with Crippen molar-refractivity contribution < 1.29 is 23.5 Å². The van der Waals surface area contributed by atoms with Crippen LogP contribution in [0.3, 0.4) is 0 Å². The summed E-state index contributed by atoms with van der Waals surface area (Å²) in [4.78, 5) is 21.4. The summed E-state index contributed by atoms with van der Waals surface area (Å²) >= 11 is 0. The van der Waals surface area contributed by atoms with Gasteiger partial charge in [0, 0.05) is 12.1 Å². The molecular formula is C9H14FNO4. The maximum Gasteiger partial charge on any atom is 0.409 e. The van der Waals surface area contributed by atoms with Gasteiger partial charge in [0.2, 0.25) is 6.86 Å². The Balaban J connectivity index is 3.36. The zero-order chi connectivity index (χ0) is 11.7. The fourth-order valence-corrected chi connectivity index (χ4v) is 0.651. The van der Waals surface area contributed by atoms with Crippen molar-refractivity contribution in [2.75, 3.05) is 20.0 Å². The van der Waals surface area contributed by atoms with Gasteiger partial charge in [0.25, 0.3) is 0 Å². The van der Waals surface area contributed by atoms with E-state index in [2.05, 4.69) is 16.6 Å². The molecule has 0 unspecified atom stereocenters. The Labute approximate surface area is 87.2 Å². The van der Waals surface area contributed by atoms with Crippen LogP contribution in [0.2, 0.25) is 0 Å². The Morgan fingerprint density at radius 2 is 2.07 bits per heavy atom. The molecule has 15 heavy (non-hydrogen) atoms. The molecule has 0 aliphatic carbocycles. The predicted molar refractivity (Wildman–Crippen MR) is 50.8 cm³/mol.